The minimum absolute atomic E-state index is 0.0179. The first kappa shape index (κ1) is 16.2. The van der Waals surface area contributed by atoms with Gasteiger partial charge in [-0.05, 0) is 30.3 Å². The number of guanidine groups is 2. The zero-order valence-corrected chi connectivity index (χ0v) is 12.6. The summed E-state index contributed by atoms with van der Waals surface area (Å²) in [5, 5.41) is 0. The number of sulfonamides is 1. The third-order valence-electron chi connectivity index (χ3n) is 2.43. The number of nitrogens with two attached hydrogens (primary N) is 3. The molecule has 11 heteroatoms. The first-order valence-electron chi connectivity index (χ1n) is 6.20. The van der Waals surface area contributed by atoms with Crippen LogP contribution < -0.4 is 21.9 Å². The van der Waals surface area contributed by atoms with Crippen LogP contribution in [-0.4, -0.2) is 30.3 Å². The van der Waals surface area contributed by atoms with E-state index in [4.69, 9.17) is 17.2 Å². The second kappa shape index (κ2) is 6.70. The molecular weight excluding hydrogens is 320 g/mol. The smallest absolute Gasteiger partial charge is 0.264 e. The molecule has 120 valence electrons. The highest BCUT2D eigenvalue weighted by Gasteiger charge is 2.15. The van der Waals surface area contributed by atoms with Crippen LogP contribution >= 0.6 is 0 Å². The van der Waals surface area contributed by atoms with Crippen LogP contribution in [0.1, 0.15) is 0 Å². The fourth-order valence-electron chi connectivity index (χ4n) is 1.52. The number of nitrogens with zero attached hydrogens (tertiary/aromatic N) is 4. The van der Waals surface area contributed by atoms with Gasteiger partial charge in [-0.2, -0.15) is 4.99 Å². The van der Waals surface area contributed by atoms with E-state index in [0.29, 0.717) is 5.69 Å². The van der Waals surface area contributed by atoms with Gasteiger partial charge in [0.05, 0.1) is 10.6 Å². The van der Waals surface area contributed by atoms with Crippen LogP contribution in [0.2, 0.25) is 0 Å². The van der Waals surface area contributed by atoms with Crippen LogP contribution in [0.5, 0.6) is 0 Å². The number of nitrogens with one attached hydrogen (secondary N) is 1. The number of benzene rings is 1. The summed E-state index contributed by atoms with van der Waals surface area (Å²) in [5.74, 6) is -0.388. The quantitative estimate of drug-likeness (QED) is 0.430. The third kappa shape index (κ3) is 4.64. The van der Waals surface area contributed by atoms with Crippen LogP contribution in [0, 0.1) is 0 Å². The lowest BCUT2D eigenvalue weighted by molar-refractivity contribution is 0.601. The van der Waals surface area contributed by atoms with Gasteiger partial charge in [-0.1, -0.05) is 0 Å². The maximum absolute atomic E-state index is 12.2. The zero-order chi connectivity index (χ0) is 16.9. The molecule has 0 aliphatic carbocycles. The molecule has 0 atom stereocenters. The third-order valence-corrected chi connectivity index (χ3v) is 3.77. The molecule has 1 aromatic carbocycles. The Balaban J connectivity index is 2.20. The van der Waals surface area contributed by atoms with E-state index in [2.05, 4.69) is 24.7 Å². The first-order chi connectivity index (χ1) is 10.9. The molecule has 0 aliphatic heterocycles. The number of rotatable bonds is 4. The van der Waals surface area contributed by atoms with E-state index in [0.717, 1.165) is 0 Å². The normalized spacial score (nSPS) is 11.7. The summed E-state index contributed by atoms with van der Waals surface area (Å²) < 4.78 is 26.6. The molecule has 0 amide bonds. The fraction of sp³-hybridized carbons (Fsp3) is 0. The summed E-state index contributed by atoms with van der Waals surface area (Å²) in [7, 11) is -3.80. The predicted octanol–water partition coefficient (Wildman–Crippen LogP) is -0.503. The van der Waals surface area contributed by atoms with Crippen molar-refractivity contribution in [2.75, 3.05) is 4.72 Å². The van der Waals surface area contributed by atoms with Crippen LogP contribution in [0.4, 0.5) is 11.6 Å². The molecule has 0 unspecified atom stereocenters. The van der Waals surface area contributed by atoms with Crippen molar-refractivity contribution >= 4 is 33.6 Å². The van der Waals surface area contributed by atoms with Gasteiger partial charge < -0.3 is 17.2 Å². The van der Waals surface area contributed by atoms with E-state index in [-0.39, 0.29) is 22.8 Å². The molecule has 0 spiro atoms. The highest BCUT2D eigenvalue weighted by molar-refractivity contribution is 7.92. The first-order valence-corrected chi connectivity index (χ1v) is 7.69. The van der Waals surface area contributed by atoms with E-state index in [1.165, 1.54) is 36.7 Å². The summed E-state index contributed by atoms with van der Waals surface area (Å²) in [6.07, 6.45) is 2.85. The molecule has 2 rings (SSSR count). The maximum atomic E-state index is 12.2. The second-order valence-corrected chi connectivity index (χ2v) is 5.86. The molecule has 2 aromatic rings. The van der Waals surface area contributed by atoms with Gasteiger partial charge in [-0.15, -0.1) is 0 Å². The van der Waals surface area contributed by atoms with Gasteiger partial charge in [0.15, 0.2) is 5.96 Å². The highest BCUT2D eigenvalue weighted by atomic mass is 32.2. The van der Waals surface area contributed by atoms with Crippen molar-refractivity contribution in [3.05, 3.63) is 42.7 Å². The molecule has 1 heterocycles. The van der Waals surface area contributed by atoms with E-state index >= 15 is 0 Å². The predicted molar refractivity (Wildman–Crippen MR) is 86.4 cm³/mol. The molecule has 10 nitrogen and oxygen atoms in total. The summed E-state index contributed by atoms with van der Waals surface area (Å²) in [6.45, 7) is 0. The number of anilines is 1. The second-order valence-electron chi connectivity index (χ2n) is 4.18. The monoisotopic (exact) mass is 334 g/mol. The Kier molecular flexibility index (Phi) is 4.71. The fourth-order valence-corrected chi connectivity index (χ4v) is 2.48. The lowest BCUT2D eigenvalue weighted by Crippen LogP contribution is -2.26. The average Bonchev–Trinajstić information content (AvgIpc) is 2.47. The van der Waals surface area contributed by atoms with Crippen molar-refractivity contribution in [2.24, 2.45) is 27.2 Å². The van der Waals surface area contributed by atoms with Crippen LogP contribution in [0.3, 0.4) is 0 Å². The molecule has 0 aliphatic rings. The molecule has 0 saturated heterocycles. The van der Waals surface area contributed by atoms with Crippen molar-refractivity contribution in [1.29, 1.82) is 0 Å². The van der Waals surface area contributed by atoms with Crippen molar-refractivity contribution in [3.63, 3.8) is 0 Å². The molecule has 1 aromatic heterocycles. The standard InChI is InChI=1S/C12H14N8O2S/c13-10(14)19-11(15)18-8-2-4-9(5-3-8)23(21,22)20-12-16-6-1-7-17-12/h1-7H,(H,16,17,20)(H6,13,14,15,18,19). The van der Waals surface area contributed by atoms with E-state index in [9.17, 15) is 8.42 Å². The SMILES string of the molecule is NC(N)=NC(N)=Nc1ccc(S(=O)(=O)Nc2ncccn2)cc1. The lowest BCUT2D eigenvalue weighted by Gasteiger charge is -2.06. The lowest BCUT2D eigenvalue weighted by atomic mass is 10.3. The Morgan fingerprint density at radius 3 is 2.22 bits per heavy atom. The maximum Gasteiger partial charge on any atom is 0.264 e. The molecule has 0 saturated carbocycles. The van der Waals surface area contributed by atoms with Crippen molar-refractivity contribution in [1.82, 2.24) is 9.97 Å². The van der Waals surface area contributed by atoms with Crippen LogP contribution in [0.25, 0.3) is 0 Å². The Morgan fingerprint density at radius 2 is 1.65 bits per heavy atom. The molecule has 0 bridgehead atoms. The Hall–Kier alpha value is -3.21. The summed E-state index contributed by atoms with van der Waals surface area (Å²) >= 11 is 0. The van der Waals surface area contributed by atoms with Gasteiger partial charge in [0, 0.05) is 12.4 Å². The van der Waals surface area contributed by atoms with Gasteiger partial charge in [0.25, 0.3) is 10.0 Å². The number of hydrogen-bond acceptors (Lipinski definition) is 5. The molecule has 7 N–H and O–H groups in total. The summed E-state index contributed by atoms with van der Waals surface area (Å²) in [6, 6.07) is 7.19. The molecule has 23 heavy (non-hydrogen) atoms. The number of hydrogen-bond donors (Lipinski definition) is 4. The summed E-state index contributed by atoms with van der Waals surface area (Å²) in [4.78, 5) is 15.1. The van der Waals surface area contributed by atoms with Gasteiger partial charge in [-0.3, -0.25) is 0 Å². The molecular formula is C12H14N8O2S. The highest BCUT2D eigenvalue weighted by Crippen LogP contribution is 2.18. The Morgan fingerprint density at radius 1 is 1.04 bits per heavy atom. The van der Waals surface area contributed by atoms with Gasteiger partial charge in [0.1, 0.15) is 0 Å². The van der Waals surface area contributed by atoms with Gasteiger partial charge in [-0.25, -0.2) is 28.1 Å². The van der Waals surface area contributed by atoms with E-state index in [1.807, 2.05) is 0 Å². The Bertz CT molecular complexity index is 827. The minimum atomic E-state index is -3.80. The largest absolute Gasteiger partial charge is 0.370 e. The molecule has 0 radical (unpaired) electrons. The topological polar surface area (TPSA) is 175 Å². The van der Waals surface area contributed by atoms with Crippen LogP contribution in [-0.2, 0) is 10.0 Å². The van der Waals surface area contributed by atoms with Crippen molar-refractivity contribution in [2.45, 2.75) is 4.90 Å². The van der Waals surface area contributed by atoms with Crippen molar-refractivity contribution in [3.8, 4) is 0 Å². The minimum Gasteiger partial charge on any atom is -0.370 e. The van der Waals surface area contributed by atoms with Crippen LogP contribution in [0.15, 0.2) is 57.6 Å². The average molecular weight is 334 g/mol. The van der Waals surface area contributed by atoms with Gasteiger partial charge in [0.2, 0.25) is 11.9 Å². The Labute approximate surface area is 132 Å². The summed E-state index contributed by atoms with van der Waals surface area (Å²) in [5.41, 5.74) is 16.2. The van der Waals surface area contributed by atoms with Gasteiger partial charge >= 0.3 is 0 Å². The van der Waals surface area contributed by atoms with Crippen molar-refractivity contribution < 1.29 is 8.42 Å². The molecule has 0 fully saturated rings. The number of aromatic nitrogens is 2. The number of aliphatic imine (C=N–C) groups is 2. The van der Waals surface area contributed by atoms with E-state index in [1.54, 1.807) is 6.07 Å². The van der Waals surface area contributed by atoms with E-state index < -0.39 is 10.0 Å². The zero-order valence-electron chi connectivity index (χ0n) is 11.8.